The average Bonchev–Trinajstić information content (AvgIpc) is 2.70. The fourth-order valence-electron chi connectivity index (χ4n) is 4.54. The number of aliphatic hydroxyl groups is 1. The zero-order chi connectivity index (χ0) is 22.0. The maximum atomic E-state index is 13.4. The van der Waals surface area contributed by atoms with Crippen molar-refractivity contribution >= 4 is 39.3 Å². The van der Waals surface area contributed by atoms with Crippen LogP contribution in [0.15, 0.2) is 28.9 Å². The van der Waals surface area contributed by atoms with E-state index in [0.29, 0.717) is 28.6 Å². The molecule has 2 fully saturated rings. The summed E-state index contributed by atoms with van der Waals surface area (Å²) in [5.41, 5.74) is 0.809. The van der Waals surface area contributed by atoms with Crippen LogP contribution in [-0.2, 0) is 0 Å². The number of benzene rings is 1. The first-order chi connectivity index (χ1) is 14.9. The number of aliphatic hydroxyl groups excluding tert-OH is 1. The number of halogens is 3. The molecule has 31 heavy (non-hydrogen) atoms. The Morgan fingerprint density at radius 2 is 2.13 bits per heavy atom. The highest BCUT2D eigenvalue weighted by atomic mass is 79.9. The third-order valence-corrected chi connectivity index (χ3v) is 7.24. The number of hydrogen-bond acceptors (Lipinski definition) is 6. The predicted molar refractivity (Wildman–Crippen MR) is 125 cm³/mol. The molecule has 9 heteroatoms. The van der Waals surface area contributed by atoms with Gasteiger partial charge in [-0.05, 0) is 71.8 Å². The van der Waals surface area contributed by atoms with Gasteiger partial charge in [0.25, 0.3) is 0 Å². The average molecular weight is 513 g/mol. The van der Waals surface area contributed by atoms with Crippen molar-refractivity contribution in [3.05, 3.63) is 45.3 Å². The van der Waals surface area contributed by atoms with Crippen LogP contribution in [0.1, 0.15) is 31.4 Å². The molecule has 1 aromatic carbocycles. The molecule has 2 N–H and O–H groups in total. The van der Waals surface area contributed by atoms with Gasteiger partial charge in [-0.15, -0.1) is 0 Å². The molecule has 168 valence electrons. The topological polar surface area (TPSA) is 64.5 Å². The summed E-state index contributed by atoms with van der Waals surface area (Å²) >= 11 is 9.74. The van der Waals surface area contributed by atoms with Gasteiger partial charge in [0.15, 0.2) is 0 Å². The van der Waals surface area contributed by atoms with Crippen LogP contribution in [0.5, 0.6) is 0 Å². The summed E-state index contributed by atoms with van der Waals surface area (Å²) in [4.78, 5) is 13.8. The Hall–Kier alpha value is -1.48. The summed E-state index contributed by atoms with van der Waals surface area (Å²) in [5, 5.41) is 13.0. The molecule has 0 amide bonds. The number of piperidine rings is 1. The van der Waals surface area contributed by atoms with Gasteiger partial charge in [0.2, 0.25) is 5.95 Å². The third-order valence-electron chi connectivity index (χ3n) is 6.33. The Bertz CT molecular complexity index is 911. The minimum Gasteiger partial charge on any atom is -0.395 e. The van der Waals surface area contributed by atoms with E-state index in [4.69, 9.17) is 16.6 Å². The monoisotopic (exact) mass is 511 g/mol. The Balaban J connectivity index is 1.38. The van der Waals surface area contributed by atoms with Crippen LogP contribution in [-0.4, -0.2) is 59.3 Å². The fraction of sp³-hybridized carbons (Fsp3) is 0.545. The molecule has 1 unspecified atom stereocenters. The lowest BCUT2D eigenvalue weighted by Gasteiger charge is -2.46. The summed E-state index contributed by atoms with van der Waals surface area (Å²) in [6.45, 7) is 7.05. The lowest BCUT2D eigenvalue weighted by molar-refractivity contribution is 0.101. The highest BCUT2D eigenvalue weighted by Gasteiger charge is 2.37. The van der Waals surface area contributed by atoms with Gasteiger partial charge in [-0.1, -0.05) is 17.7 Å². The van der Waals surface area contributed by atoms with E-state index in [0.717, 1.165) is 42.8 Å². The minimum atomic E-state index is -0.351. The zero-order valence-electron chi connectivity index (χ0n) is 17.6. The van der Waals surface area contributed by atoms with E-state index in [-0.39, 0.29) is 18.5 Å². The summed E-state index contributed by atoms with van der Waals surface area (Å²) < 4.78 is 14.1. The van der Waals surface area contributed by atoms with Crippen molar-refractivity contribution in [3.63, 3.8) is 0 Å². The minimum absolute atomic E-state index is 0.143. The van der Waals surface area contributed by atoms with Gasteiger partial charge in [0, 0.05) is 37.4 Å². The van der Waals surface area contributed by atoms with Gasteiger partial charge in [0.1, 0.15) is 11.6 Å². The molecule has 1 aromatic heterocycles. The Labute approximate surface area is 195 Å². The van der Waals surface area contributed by atoms with Crippen molar-refractivity contribution in [2.24, 2.45) is 11.8 Å². The molecule has 6 nitrogen and oxygen atoms in total. The molecule has 2 aromatic rings. The highest BCUT2D eigenvalue weighted by Crippen LogP contribution is 2.34. The first kappa shape index (κ1) is 22.7. The van der Waals surface area contributed by atoms with E-state index >= 15 is 0 Å². The summed E-state index contributed by atoms with van der Waals surface area (Å²) in [6, 6.07) is 4.28. The second kappa shape index (κ2) is 9.98. The molecule has 2 aliphatic heterocycles. The lowest BCUT2D eigenvalue weighted by atomic mass is 9.81. The second-order valence-corrected chi connectivity index (χ2v) is 9.75. The SMILES string of the molecule is C[C@@H](Nc1nc(N2CC(C3CCCN(CCO)C3)C2)ncc1Br)c1ccc(F)cc1Cl. The zero-order valence-corrected chi connectivity index (χ0v) is 19.9. The van der Waals surface area contributed by atoms with Crippen molar-refractivity contribution in [2.45, 2.75) is 25.8 Å². The van der Waals surface area contributed by atoms with E-state index < -0.39 is 0 Å². The van der Waals surface area contributed by atoms with Crippen LogP contribution in [0.2, 0.25) is 5.02 Å². The van der Waals surface area contributed by atoms with Crippen molar-refractivity contribution in [1.29, 1.82) is 0 Å². The summed E-state index contributed by atoms with van der Waals surface area (Å²) in [7, 11) is 0. The molecule has 0 radical (unpaired) electrons. The van der Waals surface area contributed by atoms with E-state index in [1.807, 2.05) is 6.92 Å². The maximum absolute atomic E-state index is 13.4. The van der Waals surface area contributed by atoms with Gasteiger partial charge in [0.05, 0.1) is 17.1 Å². The smallest absolute Gasteiger partial charge is 0.227 e. The van der Waals surface area contributed by atoms with Crippen LogP contribution in [0, 0.1) is 17.7 Å². The standard InChI is InChI=1S/C22H28BrClFN5O/c1-14(18-5-4-17(25)9-20(18)24)27-21-19(23)10-26-22(28-21)30-12-16(13-30)15-3-2-6-29(11-15)7-8-31/h4-5,9-10,14-16,31H,2-3,6-8,11-13H2,1H3,(H,26,27,28)/t14-,15?/m1/s1. The number of nitrogens with zero attached hydrogens (tertiary/aromatic N) is 4. The van der Waals surface area contributed by atoms with Gasteiger partial charge in [-0.2, -0.15) is 4.98 Å². The molecule has 2 aliphatic rings. The van der Waals surface area contributed by atoms with E-state index in [9.17, 15) is 9.50 Å². The van der Waals surface area contributed by atoms with E-state index in [1.165, 1.54) is 25.0 Å². The Morgan fingerprint density at radius 1 is 1.32 bits per heavy atom. The van der Waals surface area contributed by atoms with Crippen LogP contribution >= 0.6 is 27.5 Å². The second-order valence-electron chi connectivity index (χ2n) is 8.49. The lowest BCUT2D eigenvalue weighted by Crippen LogP contribution is -2.54. The molecule has 2 atom stereocenters. The van der Waals surface area contributed by atoms with Gasteiger partial charge in [-0.25, -0.2) is 9.37 Å². The predicted octanol–water partition coefficient (Wildman–Crippen LogP) is 4.35. The fourth-order valence-corrected chi connectivity index (χ4v) is 5.18. The number of hydrogen-bond donors (Lipinski definition) is 2. The first-order valence-corrected chi connectivity index (χ1v) is 11.9. The highest BCUT2D eigenvalue weighted by molar-refractivity contribution is 9.10. The summed E-state index contributed by atoms with van der Waals surface area (Å²) in [5.74, 6) is 2.36. The Kier molecular flexibility index (Phi) is 7.31. The van der Waals surface area contributed by atoms with Crippen molar-refractivity contribution < 1.29 is 9.50 Å². The van der Waals surface area contributed by atoms with Crippen LogP contribution in [0.3, 0.4) is 0 Å². The molecule has 2 saturated heterocycles. The number of aromatic nitrogens is 2. The molecule has 0 spiro atoms. The molecule has 4 rings (SSSR count). The van der Waals surface area contributed by atoms with Gasteiger partial charge in [-0.3, -0.25) is 0 Å². The quantitative estimate of drug-likeness (QED) is 0.575. The molecule has 0 saturated carbocycles. The van der Waals surface area contributed by atoms with Crippen molar-refractivity contribution in [2.75, 3.05) is 49.5 Å². The maximum Gasteiger partial charge on any atom is 0.227 e. The Morgan fingerprint density at radius 3 is 2.87 bits per heavy atom. The van der Waals surface area contributed by atoms with Crippen molar-refractivity contribution in [3.8, 4) is 0 Å². The van der Waals surface area contributed by atoms with Crippen LogP contribution in [0.25, 0.3) is 0 Å². The molecule has 3 heterocycles. The molecule has 0 aliphatic carbocycles. The van der Waals surface area contributed by atoms with Gasteiger partial charge < -0.3 is 20.2 Å². The van der Waals surface area contributed by atoms with E-state index in [2.05, 4.69) is 36.0 Å². The molecule has 0 bridgehead atoms. The number of rotatable bonds is 7. The largest absolute Gasteiger partial charge is 0.395 e. The number of anilines is 2. The van der Waals surface area contributed by atoms with Crippen LogP contribution in [0.4, 0.5) is 16.2 Å². The van der Waals surface area contributed by atoms with Gasteiger partial charge >= 0.3 is 0 Å². The first-order valence-electron chi connectivity index (χ1n) is 10.8. The number of nitrogens with one attached hydrogen (secondary N) is 1. The van der Waals surface area contributed by atoms with E-state index in [1.54, 1.807) is 12.3 Å². The third kappa shape index (κ3) is 5.30. The van der Waals surface area contributed by atoms with Crippen LogP contribution < -0.4 is 10.2 Å². The normalized spacial score (nSPS) is 21.1. The summed E-state index contributed by atoms with van der Waals surface area (Å²) in [6.07, 6.45) is 4.22. The number of β-amino-alcohol motifs (C(OH)–C–C–N with tert-alkyl or cyclic N) is 1. The number of likely N-dealkylation sites (tertiary alicyclic amines) is 1. The van der Waals surface area contributed by atoms with Crippen molar-refractivity contribution in [1.82, 2.24) is 14.9 Å². The molecular formula is C22H28BrClFN5O. The molecular weight excluding hydrogens is 485 g/mol.